The summed E-state index contributed by atoms with van der Waals surface area (Å²) in [6.45, 7) is 2.92. The lowest BCUT2D eigenvalue weighted by molar-refractivity contribution is 0.0950. The molecule has 0 fully saturated rings. The van der Waals surface area contributed by atoms with E-state index in [0.29, 0.717) is 18.7 Å². The molecule has 1 amide bonds. The first-order valence-corrected chi connectivity index (χ1v) is 7.21. The van der Waals surface area contributed by atoms with Crippen LogP contribution in [0.15, 0.2) is 46.9 Å². The predicted octanol–water partition coefficient (Wildman–Crippen LogP) is 3.15. The summed E-state index contributed by atoms with van der Waals surface area (Å²) < 4.78 is 0.907. The van der Waals surface area contributed by atoms with Gasteiger partial charge < -0.3 is 11.1 Å². The Morgan fingerprint density at radius 1 is 1.20 bits per heavy atom. The number of carbonyl (C=O) groups is 1. The fraction of sp³-hybridized carbons (Fsp3) is 0.188. The molecule has 0 radical (unpaired) electrons. The Balaban J connectivity index is 2.08. The number of amides is 1. The fourth-order valence-corrected chi connectivity index (χ4v) is 2.68. The van der Waals surface area contributed by atoms with Crippen molar-refractivity contribution in [2.45, 2.75) is 20.0 Å². The molecule has 0 atom stereocenters. The van der Waals surface area contributed by atoms with Crippen LogP contribution in [0, 0.1) is 6.92 Å². The van der Waals surface area contributed by atoms with Gasteiger partial charge in [0.05, 0.1) is 0 Å². The molecule has 0 saturated carbocycles. The summed E-state index contributed by atoms with van der Waals surface area (Å²) in [5.74, 6) is -0.0822. The Morgan fingerprint density at radius 2 is 1.90 bits per heavy atom. The monoisotopic (exact) mass is 332 g/mol. The van der Waals surface area contributed by atoms with E-state index in [-0.39, 0.29) is 5.91 Å². The lowest BCUT2D eigenvalue weighted by Gasteiger charge is -2.10. The molecule has 2 rings (SSSR count). The SMILES string of the molecule is Cc1cc(Br)cc(C(=O)NCc2ccccc2CN)c1. The average Bonchev–Trinajstić information content (AvgIpc) is 2.44. The van der Waals surface area contributed by atoms with Gasteiger partial charge in [-0.25, -0.2) is 0 Å². The number of carbonyl (C=O) groups excluding carboxylic acids is 1. The second-order valence-electron chi connectivity index (χ2n) is 4.67. The molecule has 0 aliphatic carbocycles. The quantitative estimate of drug-likeness (QED) is 0.903. The maximum atomic E-state index is 12.2. The first-order chi connectivity index (χ1) is 9.60. The van der Waals surface area contributed by atoms with E-state index in [0.717, 1.165) is 21.2 Å². The molecule has 2 aromatic rings. The van der Waals surface area contributed by atoms with Gasteiger partial charge in [-0.3, -0.25) is 4.79 Å². The van der Waals surface area contributed by atoms with Crippen molar-refractivity contribution in [3.63, 3.8) is 0 Å². The van der Waals surface area contributed by atoms with E-state index in [9.17, 15) is 4.79 Å². The number of nitrogens with one attached hydrogen (secondary N) is 1. The molecule has 104 valence electrons. The van der Waals surface area contributed by atoms with Crippen LogP contribution in [0.1, 0.15) is 27.0 Å². The van der Waals surface area contributed by atoms with Crippen LogP contribution in [0.5, 0.6) is 0 Å². The minimum atomic E-state index is -0.0822. The maximum Gasteiger partial charge on any atom is 0.251 e. The molecule has 0 saturated heterocycles. The van der Waals surface area contributed by atoms with E-state index in [1.54, 1.807) is 0 Å². The predicted molar refractivity (Wildman–Crippen MR) is 84.4 cm³/mol. The standard InChI is InChI=1S/C16H17BrN2O/c1-11-6-14(8-15(17)7-11)16(20)19-10-13-5-3-2-4-12(13)9-18/h2-8H,9-10,18H2,1H3,(H,19,20). The van der Waals surface area contributed by atoms with Gasteiger partial charge in [0.15, 0.2) is 0 Å². The van der Waals surface area contributed by atoms with Crippen molar-refractivity contribution < 1.29 is 4.79 Å². The number of nitrogens with two attached hydrogens (primary N) is 1. The number of halogens is 1. The van der Waals surface area contributed by atoms with Crippen molar-refractivity contribution in [3.05, 3.63) is 69.2 Å². The Morgan fingerprint density at radius 3 is 2.55 bits per heavy atom. The molecule has 0 aromatic heterocycles. The van der Waals surface area contributed by atoms with Crippen LogP contribution in [-0.2, 0) is 13.1 Å². The summed E-state index contributed by atoms with van der Waals surface area (Å²) in [6.07, 6.45) is 0. The zero-order chi connectivity index (χ0) is 14.5. The molecule has 3 nitrogen and oxygen atoms in total. The summed E-state index contributed by atoms with van der Waals surface area (Å²) in [6, 6.07) is 13.5. The number of aryl methyl sites for hydroxylation is 1. The molecule has 0 bridgehead atoms. The van der Waals surface area contributed by atoms with Gasteiger partial charge in [0.25, 0.3) is 5.91 Å². The molecule has 0 aliphatic heterocycles. The third kappa shape index (κ3) is 3.68. The van der Waals surface area contributed by atoms with Crippen molar-refractivity contribution in [2.24, 2.45) is 5.73 Å². The molecule has 2 aromatic carbocycles. The average molecular weight is 333 g/mol. The zero-order valence-electron chi connectivity index (χ0n) is 11.3. The molecule has 4 heteroatoms. The Hall–Kier alpha value is -1.65. The Kier molecular flexibility index (Phi) is 4.93. The van der Waals surface area contributed by atoms with Crippen molar-refractivity contribution >= 4 is 21.8 Å². The summed E-state index contributed by atoms with van der Waals surface area (Å²) in [5.41, 5.74) is 9.50. The van der Waals surface area contributed by atoms with E-state index in [4.69, 9.17) is 5.73 Å². The molecular formula is C16H17BrN2O. The molecular weight excluding hydrogens is 316 g/mol. The highest BCUT2D eigenvalue weighted by molar-refractivity contribution is 9.10. The van der Waals surface area contributed by atoms with Crippen molar-refractivity contribution in [1.82, 2.24) is 5.32 Å². The fourth-order valence-electron chi connectivity index (χ4n) is 2.07. The van der Waals surface area contributed by atoms with Gasteiger partial charge in [0.2, 0.25) is 0 Å². The molecule has 0 spiro atoms. The van der Waals surface area contributed by atoms with Crippen LogP contribution in [0.2, 0.25) is 0 Å². The van der Waals surface area contributed by atoms with Gasteiger partial charge in [0.1, 0.15) is 0 Å². The second-order valence-corrected chi connectivity index (χ2v) is 5.59. The van der Waals surface area contributed by atoms with Gasteiger partial charge in [-0.15, -0.1) is 0 Å². The van der Waals surface area contributed by atoms with Gasteiger partial charge in [0, 0.05) is 23.1 Å². The van der Waals surface area contributed by atoms with Gasteiger partial charge in [-0.1, -0.05) is 40.2 Å². The van der Waals surface area contributed by atoms with Crippen LogP contribution in [-0.4, -0.2) is 5.91 Å². The van der Waals surface area contributed by atoms with Gasteiger partial charge in [-0.05, 0) is 41.8 Å². The van der Waals surface area contributed by atoms with Crippen LogP contribution < -0.4 is 11.1 Å². The van der Waals surface area contributed by atoms with Gasteiger partial charge in [-0.2, -0.15) is 0 Å². The third-order valence-corrected chi connectivity index (χ3v) is 3.54. The molecule has 0 unspecified atom stereocenters. The first-order valence-electron chi connectivity index (χ1n) is 6.42. The van der Waals surface area contributed by atoms with Crippen molar-refractivity contribution in [1.29, 1.82) is 0 Å². The second kappa shape index (κ2) is 6.68. The lowest BCUT2D eigenvalue weighted by atomic mass is 10.1. The highest BCUT2D eigenvalue weighted by Crippen LogP contribution is 2.15. The van der Waals surface area contributed by atoms with E-state index in [2.05, 4.69) is 21.2 Å². The number of hydrogen-bond donors (Lipinski definition) is 2. The van der Waals surface area contributed by atoms with Gasteiger partial charge >= 0.3 is 0 Å². The highest BCUT2D eigenvalue weighted by Gasteiger charge is 2.08. The number of hydrogen-bond acceptors (Lipinski definition) is 2. The van der Waals surface area contributed by atoms with Crippen LogP contribution in [0.25, 0.3) is 0 Å². The van der Waals surface area contributed by atoms with Crippen LogP contribution in [0.4, 0.5) is 0 Å². The minimum absolute atomic E-state index is 0.0822. The highest BCUT2D eigenvalue weighted by atomic mass is 79.9. The summed E-state index contributed by atoms with van der Waals surface area (Å²) in [4.78, 5) is 12.2. The number of rotatable bonds is 4. The van der Waals surface area contributed by atoms with Crippen molar-refractivity contribution in [3.8, 4) is 0 Å². The lowest BCUT2D eigenvalue weighted by Crippen LogP contribution is -2.23. The molecule has 20 heavy (non-hydrogen) atoms. The minimum Gasteiger partial charge on any atom is -0.348 e. The normalized spacial score (nSPS) is 10.3. The molecule has 3 N–H and O–H groups in total. The van der Waals surface area contributed by atoms with E-state index in [1.807, 2.05) is 49.4 Å². The third-order valence-electron chi connectivity index (χ3n) is 3.08. The Labute approximate surface area is 127 Å². The summed E-state index contributed by atoms with van der Waals surface area (Å²) in [7, 11) is 0. The largest absolute Gasteiger partial charge is 0.348 e. The smallest absolute Gasteiger partial charge is 0.251 e. The number of benzene rings is 2. The van der Waals surface area contributed by atoms with Crippen LogP contribution in [0.3, 0.4) is 0 Å². The molecule has 0 heterocycles. The zero-order valence-corrected chi connectivity index (χ0v) is 12.9. The Bertz CT molecular complexity index is 605. The van der Waals surface area contributed by atoms with E-state index >= 15 is 0 Å². The van der Waals surface area contributed by atoms with E-state index in [1.165, 1.54) is 0 Å². The first kappa shape index (κ1) is 14.8. The van der Waals surface area contributed by atoms with Crippen LogP contribution >= 0.6 is 15.9 Å². The van der Waals surface area contributed by atoms with Crippen molar-refractivity contribution in [2.75, 3.05) is 0 Å². The summed E-state index contributed by atoms with van der Waals surface area (Å²) in [5, 5.41) is 2.93. The molecule has 0 aliphatic rings. The van der Waals surface area contributed by atoms with E-state index < -0.39 is 0 Å². The maximum absolute atomic E-state index is 12.2. The summed E-state index contributed by atoms with van der Waals surface area (Å²) >= 11 is 3.40. The topological polar surface area (TPSA) is 55.1 Å².